The number of nitriles is 1. The molecule has 1 aliphatic rings. The smallest absolute Gasteiger partial charge is 0.347 e. The standard InChI is InChI=1S/C19H24F3N3S/c1-12(2)7-15-11-26-18(25(15)10-13(3)4)24-17-6-5-14(9-23)8-16(17)19(20,21)22/h5-6,8,12-13,15H,7,10-11H2,1-4H3/t15-/m0/s1. The maximum absolute atomic E-state index is 13.4. The first-order valence-electron chi connectivity index (χ1n) is 8.71. The zero-order valence-corrected chi connectivity index (χ0v) is 16.3. The molecule has 0 aliphatic carbocycles. The molecule has 0 spiro atoms. The lowest BCUT2D eigenvalue weighted by atomic mass is 10.0. The molecule has 2 rings (SSSR count). The van der Waals surface area contributed by atoms with E-state index in [1.807, 2.05) is 0 Å². The van der Waals surface area contributed by atoms with Crippen molar-refractivity contribution in [1.82, 2.24) is 4.90 Å². The maximum Gasteiger partial charge on any atom is 0.418 e. The normalized spacial score (nSPS) is 19.6. The van der Waals surface area contributed by atoms with Gasteiger partial charge in [-0.25, -0.2) is 4.99 Å². The van der Waals surface area contributed by atoms with Crippen LogP contribution in [-0.2, 0) is 6.18 Å². The molecule has 0 amide bonds. The fourth-order valence-electron chi connectivity index (χ4n) is 2.99. The van der Waals surface area contributed by atoms with Gasteiger partial charge in [0.05, 0.1) is 22.9 Å². The van der Waals surface area contributed by atoms with Gasteiger partial charge in [-0.05, 0) is 36.5 Å². The molecule has 1 aliphatic heterocycles. The summed E-state index contributed by atoms with van der Waals surface area (Å²) in [5.41, 5.74) is -1.00. The fourth-order valence-corrected chi connectivity index (χ4v) is 4.20. The molecule has 0 saturated carbocycles. The zero-order chi connectivity index (χ0) is 19.5. The zero-order valence-electron chi connectivity index (χ0n) is 15.5. The topological polar surface area (TPSA) is 39.4 Å². The van der Waals surface area contributed by atoms with Gasteiger partial charge in [0.25, 0.3) is 0 Å². The number of hydrogen-bond donors (Lipinski definition) is 0. The van der Waals surface area contributed by atoms with Crippen LogP contribution in [0.1, 0.15) is 45.2 Å². The van der Waals surface area contributed by atoms with Crippen LogP contribution in [0.25, 0.3) is 0 Å². The van der Waals surface area contributed by atoms with E-state index in [9.17, 15) is 13.2 Å². The number of benzene rings is 1. The van der Waals surface area contributed by atoms with E-state index in [1.165, 1.54) is 23.9 Å². The number of hydrogen-bond acceptors (Lipinski definition) is 3. The second kappa shape index (κ2) is 8.34. The van der Waals surface area contributed by atoms with E-state index in [2.05, 4.69) is 37.6 Å². The maximum atomic E-state index is 13.4. The van der Waals surface area contributed by atoms with Gasteiger partial charge in [0.2, 0.25) is 0 Å². The summed E-state index contributed by atoms with van der Waals surface area (Å²) in [6.07, 6.45) is -3.56. The Hall–Kier alpha value is -1.68. The highest BCUT2D eigenvalue weighted by Crippen LogP contribution is 2.39. The minimum Gasteiger partial charge on any atom is -0.347 e. The van der Waals surface area contributed by atoms with Crippen molar-refractivity contribution in [2.75, 3.05) is 12.3 Å². The highest BCUT2D eigenvalue weighted by Gasteiger charge is 2.36. The van der Waals surface area contributed by atoms with Crippen molar-refractivity contribution < 1.29 is 13.2 Å². The van der Waals surface area contributed by atoms with Gasteiger partial charge in [-0.3, -0.25) is 0 Å². The molecule has 1 saturated heterocycles. The number of alkyl halides is 3. The van der Waals surface area contributed by atoms with Crippen LogP contribution in [0.2, 0.25) is 0 Å². The summed E-state index contributed by atoms with van der Waals surface area (Å²) in [6, 6.07) is 5.59. The molecule has 1 aromatic rings. The highest BCUT2D eigenvalue weighted by atomic mass is 32.2. The molecule has 0 unspecified atom stereocenters. The Bertz CT molecular complexity index is 705. The Morgan fingerprint density at radius 1 is 1.27 bits per heavy atom. The lowest BCUT2D eigenvalue weighted by molar-refractivity contribution is -0.137. The Balaban J connectivity index is 2.42. The minimum atomic E-state index is -4.55. The lowest BCUT2D eigenvalue weighted by Gasteiger charge is -2.29. The van der Waals surface area contributed by atoms with Crippen molar-refractivity contribution in [2.45, 2.75) is 46.3 Å². The van der Waals surface area contributed by atoms with E-state index in [4.69, 9.17) is 5.26 Å². The van der Waals surface area contributed by atoms with Gasteiger partial charge in [-0.2, -0.15) is 18.4 Å². The van der Waals surface area contributed by atoms with Crippen LogP contribution in [0.5, 0.6) is 0 Å². The fraction of sp³-hybridized carbons (Fsp3) is 0.579. The molecule has 0 N–H and O–H groups in total. The first-order chi connectivity index (χ1) is 12.1. The number of aliphatic imine (C=N–C) groups is 1. The summed E-state index contributed by atoms with van der Waals surface area (Å²) in [7, 11) is 0. The van der Waals surface area contributed by atoms with Gasteiger partial charge >= 0.3 is 6.18 Å². The third-order valence-corrected chi connectivity index (χ3v) is 5.18. The van der Waals surface area contributed by atoms with Crippen LogP contribution < -0.4 is 0 Å². The summed E-state index contributed by atoms with van der Waals surface area (Å²) in [5.74, 6) is 1.73. The van der Waals surface area contributed by atoms with E-state index < -0.39 is 11.7 Å². The molecule has 1 aromatic carbocycles. The molecule has 1 atom stereocenters. The first kappa shape index (κ1) is 20.6. The number of nitrogens with zero attached hydrogens (tertiary/aromatic N) is 3. The summed E-state index contributed by atoms with van der Waals surface area (Å²) >= 11 is 1.51. The second-order valence-electron chi connectivity index (χ2n) is 7.38. The quantitative estimate of drug-likeness (QED) is 0.656. The molecule has 142 valence electrons. The van der Waals surface area contributed by atoms with E-state index in [1.54, 1.807) is 6.07 Å². The van der Waals surface area contributed by atoms with Crippen molar-refractivity contribution in [3.8, 4) is 6.07 Å². The van der Waals surface area contributed by atoms with Crippen LogP contribution in [-0.4, -0.2) is 28.4 Å². The molecule has 1 fully saturated rings. The van der Waals surface area contributed by atoms with Crippen LogP contribution in [0.3, 0.4) is 0 Å². The first-order valence-corrected chi connectivity index (χ1v) is 9.69. The van der Waals surface area contributed by atoms with Crippen molar-refractivity contribution in [3.63, 3.8) is 0 Å². The average molecular weight is 383 g/mol. The molecular weight excluding hydrogens is 359 g/mol. The van der Waals surface area contributed by atoms with Crippen LogP contribution in [0.15, 0.2) is 23.2 Å². The van der Waals surface area contributed by atoms with E-state index in [-0.39, 0.29) is 17.3 Å². The Morgan fingerprint density at radius 3 is 2.50 bits per heavy atom. The molecule has 7 heteroatoms. The highest BCUT2D eigenvalue weighted by molar-refractivity contribution is 8.14. The Kier molecular flexibility index (Phi) is 6.62. The van der Waals surface area contributed by atoms with Gasteiger partial charge in [0.1, 0.15) is 0 Å². The van der Waals surface area contributed by atoms with Gasteiger partial charge < -0.3 is 4.90 Å². The molecule has 3 nitrogen and oxygen atoms in total. The number of thioether (sulfide) groups is 1. The second-order valence-corrected chi connectivity index (χ2v) is 8.36. The molecule has 0 aromatic heterocycles. The molecule has 0 bridgehead atoms. The summed E-state index contributed by atoms with van der Waals surface area (Å²) < 4.78 is 40.2. The molecule has 0 radical (unpaired) electrons. The summed E-state index contributed by atoms with van der Waals surface area (Å²) in [4.78, 5) is 6.51. The van der Waals surface area contributed by atoms with Gasteiger partial charge in [-0.15, -0.1) is 0 Å². The predicted molar refractivity (Wildman–Crippen MR) is 100 cm³/mol. The van der Waals surface area contributed by atoms with Crippen molar-refractivity contribution >= 4 is 22.6 Å². The van der Waals surface area contributed by atoms with Crippen LogP contribution >= 0.6 is 11.8 Å². The van der Waals surface area contributed by atoms with Crippen molar-refractivity contribution in [2.24, 2.45) is 16.8 Å². The summed E-state index contributed by atoms with van der Waals surface area (Å²) in [6.45, 7) is 9.25. The van der Waals surface area contributed by atoms with Gasteiger partial charge in [0.15, 0.2) is 5.17 Å². The van der Waals surface area contributed by atoms with Crippen LogP contribution in [0, 0.1) is 23.2 Å². The van der Waals surface area contributed by atoms with E-state index in [0.717, 1.165) is 24.8 Å². The van der Waals surface area contributed by atoms with Gasteiger partial charge in [-0.1, -0.05) is 39.5 Å². The summed E-state index contributed by atoms with van der Waals surface area (Å²) in [5, 5.41) is 9.54. The molecule has 1 heterocycles. The minimum absolute atomic E-state index is 0.0166. The Labute approximate surface area is 157 Å². The number of halogens is 3. The SMILES string of the molecule is CC(C)C[C@H]1CSC(=Nc2ccc(C#N)cc2C(F)(F)F)N1CC(C)C. The molecule has 26 heavy (non-hydrogen) atoms. The lowest BCUT2D eigenvalue weighted by Crippen LogP contribution is -2.37. The Morgan fingerprint density at radius 2 is 1.96 bits per heavy atom. The third-order valence-electron chi connectivity index (χ3n) is 4.04. The van der Waals surface area contributed by atoms with E-state index in [0.29, 0.717) is 17.0 Å². The predicted octanol–water partition coefficient (Wildman–Crippen LogP) is 5.68. The average Bonchev–Trinajstić information content (AvgIpc) is 2.87. The van der Waals surface area contributed by atoms with Crippen molar-refractivity contribution in [1.29, 1.82) is 5.26 Å². The largest absolute Gasteiger partial charge is 0.418 e. The van der Waals surface area contributed by atoms with Gasteiger partial charge in [0, 0.05) is 18.3 Å². The van der Waals surface area contributed by atoms with Crippen molar-refractivity contribution in [3.05, 3.63) is 29.3 Å². The van der Waals surface area contributed by atoms with E-state index >= 15 is 0 Å². The monoisotopic (exact) mass is 383 g/mol. The molecular formula is C19H24F3N3S. The number of rotatable bonds is 5. The number of amidine groups is 1. The third kappa shape index (κ3) is 5.16. The van der Waals surface area contributed by atoms with Crippen LogP contribution in [0.4, 0.5) is 18.9 Å².